The van der Waals surface area contributed by atoms with E-state index in [2.05, 4.69) is 0 Å². The highest BCUT2D eigenvalue weighted by atomic mass is 35.5. The van der Waals surface area contributed by atoms with E-state index in [0.717, 1.165) is 5.56 Å². The van der Waals surface area contributed by atoms with Crippen LogP contribution >= 0.6 is 11.6 Å². The Morgan fingerprint density at radius 2 is 1.93 bits per heavy atom. The van der Waals surface area contributed by atoms with Crippen molar-refractivity contribution in [2.45, 2.75) is 39.0 Å². The zero-order valence-electron chi connectivity index (χ0n) is 16.1. The van der Waals surface area contributed by atoms with Gasteiger partial charge in [-0.15, -0.1) is 0 Å². The molecule has 0 bridgehead atoms. The molecule has 2 rings (SSSR count). The lowest BCUT2D eigenvalue weighted by Gasteiger charge is -2.20. The van der Waals surface area contributed by atoms with Crippen LogP contribution < -0.4 is 0 Å². The van der Waals surface area contributed by atoms with Gasteiger partial charge in [-0.2, -0.15) is 0 Å². The Balaban J connectivity index is 2.11. The van der Waals surface area contributed by atoms with Gasteiger partial charge in [0.1, 0.15) is 5.82 Å². The Morgan fingerprint density at radius 3 is 2.54 bits per heavy atom. The van der Waals surface area contributed by atoms with Crippen molar-refractivity contribution in [3.05, 3.63) is 58.9 Å². The number of halogens is 2. The van der Waals surface area contributed by atoms with Crippen molar-refractivity contribution < 1.29 is 24.1 Å². The second-order valence-electron chi connectivity index (χ2n) is 6.98. The molecular formula is C21H25BClFO4. The molecule has 0 aliphatic carbocycles. The minimum Gasteiger partial charge on any atom is -0.464 e. The molecule has 0 radical (unpaired) electrons. The molecule has 0 saturated heterocycles. The number of carbonyl (C=O) groups is 1. The van der Waals surface area contributed by atoms with Crippen LogP contribution in [0.1, 0.15) is 18.9 Å². The predicted molar refractivity (Wildman–Crippen MR) is 110 cm³/mol. The lowest BCUT2D eigenvalue weighted by atomic mass is 9.62. The fourth-order valence-corrected chi connectivity index (χ4v) is 3.44. The predicted octanol–water partition coefficient (Wildman–Crippen LogP) is 4.23. The lowest BCUT2D eigenvalue weighted by Crippen LogP contribution is -2.28. The summed E-state index contributed by atoms with van der Waals surface area (Å²) in [4.78, 5) is 11.7. The van der Waals surface area contributed by atoms with Crippen molar-refractivity contribution >= 4 is 24.5 Å². The van der Waals surface area contributed by atoms with Crippen molar-refractivity contribution in [2.24, 2.45) is 5.92 Å². The largest absolute Gasteiger partial charge is 0.464 e. The van der Waals surface area contributed by atoms with Gasteiger partial charge in [0, 0.05) is 10.6 Å². The van der Waals surface area contributed by atoms with Crippen LogP contribution in [0.15, 0.2) is 42.5 Å². The van der Waals surface area contributed by atoms with Crippen molar-refractivity contribution in [1.82, 2.24) is 0 Å². The molecule has 150 valence electrons. The van der Waals surface area contributed by atoms with Crippen molar-refractivity contribution in [2.75, 3.05) is 6.61 Å². The molecule has 28 heavy (non-hydrogen) atoms. The number of ether oxygens (including phenoxy) is 1. The Hall–Kier alpha value is -1.89. The molecule has 2 N–H and O–H groups in total. The van der Waals surface area contributed by atoms with Gasteiger partial charge >= 0.3 is 5.97 Å². The molecule has 0 spiro atoms. The molecule has 0 unspecified atom stereocenters. The first kappa shape index (κ1) is 22.4. The monoisotopic (exact) mass is 406 g/mol. The summed E-state index contributed by atoms with van der Waals surface area (Å²) in [6.45, 7) is 3.01. The van der Waals surface area contributed by atoms with E-state index in [-0.39, 0.29) is 24.8 Å². The van der Waals surface area contributed by atoms with Crippen LogP contribution in [0.25, 0.3) is 11.1 Å². The summed E-state index contributed by atoms with van der Waals surface area (Å²) in [6.07, 6.45) is -0.00148. The molecule has 0 amide bonds. The number of hydrogen-bond acceptors (Lipinski definition) is 4. The van der Waals surface area contributed by atoms with Crippen molar-refractivity contribution in [1.29, 1.82) is 0 Å². The second kappa shape index (κ2) is 10.6. The van der Waals surface area contributed by atoms with Crippen LogP contribution in [-0.2, 0) is 16.0 Å². The molecule has 0 heterocycles. The Bertz CT molecular complexity index is 782. The summed E-state index contributed by atoms with van der Waals surface area (Å²) in [5, 5.41) is 20.3. The molecule has 2 atom stereocenters. The van der Waals surface area contributed by atoms with Gasteiger partial charge < -0.3 is 14.9 Å². The van der Waals surface area contributed by atoms with Gasteiger partial charge in [-0.05, 0) is 61.3 Å². The standard InChI is InChI=1S/C21H25BClFO4/c1-3-28-21(26)20(25)11-15(13-22(2)27)10-14-4-6-16(7-5-14)18-12-17(23)8-9-19(18)24/h4-9,12,15,20,25,27H,3,10-11,13H2,1-2H3/t15-,20-/m1/s1. The summed E-state index contributed by atoms with van der Waals surface area (Å²) in [5.74, 6) is -1.10. The number of carbonyl (C=O) groups excluding carboxylic acids is 1. The molecule has 2 aromatic rings. The minimum atomic E-state index is -1.22. The average molecular weight is 407 g/mol. The van der Waals surface area contributed by atoms with E-state index in [4.69, 9.17) is 16.3 Å². The highest BCUT2D eigenvalue weighted by Gasteiger charge is 2.24. The van der Waals surface area contributed by atoms with Gasteiger partial charge in [0.2, 0.25) is 0 Å². The van der Waals surface area contributed by atoms with Crippen molar-refractivity contribution in [3.8, 4) is 11.1 Å². The first-order chi connectivity index (χ1) is 13.3. The van der Waals surface area contributed by atoms with Crippen LogP contribution in [0.5, 0.6) is 0 Å². The van der Waals surface area contributed by atoms with Crippen LogP contribution in [0.2, 0.25) is 18.2 Å². The van der Waals surface area contributed by atoms with Gasteiger partial charge in [-0.3, -0.25) is 0 Å². The third-order valence-corrected chi connectivity index (χ3v) is 4.74. The van der Waals surface area contributed by atoms with E-state index in [1.54, 1.807) is 19.8 Å². The van der Waals surface area contributed by atoms with Gasteiger partial charge in [-0.25, -0.2) is 9.18 Å². The SMILES string of the molecule is CCOC(=O)[C@H](O)C[C@H](CB(C)O)Cc1ccc(-c2cc(Cl)ccc2F)cc1. The van der Waals surface area contributed by atoms with Gasteiger partial charge in [-0.1, -0.05) is 42.7 Å². The second-order valence-corrected chi connectivity index (χ2v) is 7.42. The van der Waals surface area contributed by atoms with E-state index in [9.17, 15) is 19.3 Å². The summed E-state index contributed by atoms with van der Waals surface area (Å²) in [7, 11) is 0. The van der Waals surface area contributed by atoms with E-state index in [1.807, 2.05) is 24.3 Å². The average Bonchev–Trinajstić information content (AvgIpc) is 2.64. The quantitative estimate of drug-likeness (QED) is 0.483. The Morgan fingerprint density at radius 1 is 1.25 bits per heavy atom. The highest BCUT2D eigenvalue weighted by Crippen LogP contribution is 2.27. The smallest absolute Gasteiger partial charge is 0.334 e. The van der Waals surface area contributed by atoms with Crippen LogP contribution in [0.4, 0.5) is 4.39 Å². The fourth-order valence-electron chi connectivity index (χ4n) is 3.27. The Labute approximate surface area is 170 Å². The summed E-state index contributed by atoms with van der Waals surface area (Å²) < 4.78 is 18.9. The van der Waals surface area contributed by atoms with Crippen LogP contribution in [0.3, 0.4) is 0 Å². The highest BCUT2D eigenvalue weighted by molar-refractivity contribution is 6.48. The maximum Gasteiger partial charge on any atom is 0.334 e. The summed E-state index contributed by atoms with van der Waals surface area (Å²) in [6, 6.07) is 11.8. The zero-order chi connectivity index (χ0) is 20.7. The molecule has 4 nitrogen and oxygen atoms in total. The van der Waals surface area contributed by atoms with Gasteiger partial charge in [0.15, 0.2) is 6.10 Å². The fraction of sp³-hybridized carbons (Fsp3) is 0.381. The minimum absolute atomic E-state index is 0.104. The van der Waals surface area contributed by atoms with E-state index in [0.29, 0.717) is 28.9 Å². The van der Waals surface area contributed by atoms with Gasteiger partial charge in [0.25, 0.3) is 6.92 Å². The molecule has 7 heteroatoms. The third kappa shape index (κ3) is 6.62. The molecule has 0 aromatic heterocycles. The zero-order valence-corrected chi connectivity index (χ0v) is 16.8. The van der Waals surface area contributed by atoms with Crippen LogP contribution in [-0.4, -0.2) is 35.7 Å². The topological polar surface area (TPSA) is 66.8 Å². The van der Waals surface area contributed by atoms with Crippen molar-refractivity contribution in [3.63, 3.8) is 0 Å². The van der Waals surface area contributed by atoms with E-state index in [1.165, 1.54) is 12.1 Å². The molecule has 2 aromatic carbocycles. The lowest BCUT2D eigenvalue weighted by molar-refractivity contribution is -0.153. The summed E-state index contributed by atoms with van der Waals surface area (Å²) in [5.41, 5.74) is 2.10. The number of hydrogen-bond donors (Lipinski definition) is 2. The first-order valence-corrected chi connectivity index (χ1v) is 9.75. The van der Waals surface area contributed by atoms with E-state index < -0.39 is 19.0 Å². The molecule has 0 fully saturated rings. The number of aliphatic hydroxyl groups excluding tert-OH is 1. The number of aliphatic hydroxyl groups is 1. The third-order valence-electron chi connectivity index (χ3n) is 4.51. The number of benzene rings is 2. The van der Waals surface area contributed by atoms with Gasteiger partial charge in [0.05, 0.1) is 6.61 Å². The normalized spacial score (nSPS) is 13.1. The number of esters is 1. The molecule has 0 aliphatic rings. The molecular weight excluding hydrogens is 381 g/mol. The molecule has 0 aliphatic heterocycles. The molecule has 0 saturated carbocycles. The maximum absolute atomic E-state index is 14.0. The summed E-state index contributed by atoms with van der Waals surface area (Å²) >= 11 is 5.96. The Kier molecular flexibility index (Phi) is 8.48. The van der Waals surface area contributed by atoms with E-state index >= 15 is 0 Å². The first-order valence-electron chi connectivity index (χ1n) is 9.37. The maximum atomic E-state index is 14.0. The number of rotatable bonds is 9. The van der Waals surface area contributed by atoms with Crippen LogP contribution in [0, 0.1) is 11.7 Å².